The lowest BCUT2D eigenvalue weighted by molar-refractivity contribution is -0.122. The van der Waals surface area contributed by atoms with Crippen molar-refractivity contribution in [1.29, 1.82) is 0 Å². The maximum atomic E-state index is 12.6. The van der Waals surface area contributed by atoms with Crippen LogP contribution in [0.3, 0.4) is 0 Å². The minimum absolute atomic E-state index is 0.107. The van der Waals surface area contributed by atoms with Crippen molar-refractivity contribution in [2.24, 2.45) is 0 Å². The van der Waals surface area contributed by atoms with Gasteiger partial charge in [-0.05, 0) is 50.3 Å². The quantitative estimate of drug-likeness (QED) is 0.402. The molecule has 1 rings (SSSR count). The van der Waals surface area contributed by atoms with E-state index in [2.05, 4.69) is 14.8 Å². The summed E-state index contributed by atoms with van der Waals surface area (Å²) >= 11 is 1.52. The Morgan fingerprint density at radius 3 is 2.21 bits per heavy atom. The van der Waals surface area contributed by atoms with Crippen LogP contribution < -0.4 is 14.8 Å². The fraction of sp³-hybridized carbons (Fsp3) is 0.611. The highest BCUT2D eigenvalue weighted by molar-refractivity contribution is 7.98. The molecule has 0 bridgehead atoms. The van der Waals surface area contributed by atoms with Gasteiger partial charge >= 0.3 is 0 Å². The average molecular weight is 466 g/mol. The molecule has 0 aromatic heterocycles. The minimum Gasteiger partial charge on any atom is -0.351 e. The third-order valence-corrected chi connectivity index (χ3v) is 7.53. The summed E-state index contributed by atoms with van der Waals surface area (Å²) in [7, 11) is -7.04. The van der Waals surface area contributed by atoms with E-state index >= 15 is 0 Å². The van der Waals surface area contributed by atoms with Crippen molar-refractivity contribution in [3.05, 3.63) is 35.4 Å². The zero-order valence-corrected chi connectivity index (χ0v) is 19.7. The molecule has 8 nitrogen and oxygen atoms in total. The van der Waals surface area contributed by atoms with E-state index in [0.717, 1.165) is 0 Å². The highest BCUT2D eigenvalue weighted by atomic mass is 32.2. The highest BCUT2D eigenvalue weighted by Gasteiger charge is 2.23. The van der Waals surface area contributed by atoms with Crippen LogP contribution in [0.4, 0.5) is 0 Å². The van der Waals surface area contributed by atoms with Crippen LogP contribution in [0.15, 0.2) is 24.3 Å². The molecule has 0 spiro atoms. The van der Waals surface area contributed by atoms with Crippen LogP contribution in [0.25, 0.3) is 0 Å². The van der Waals surface area contributed by atoms with Crippen molar-refractivity contribution in [2.45, 2.75) is 51.6 Å². The fourth-order valence-corrected chi connectivity index (χ4v) is 5.35. The van der Waals surface area contributed by atoms with Gasteiger partial charge in [-0.3, -0.25) is 4.79 Å². The lowest BCUT2D eigenvalue weighted by atomic mass is 10.1. The molecule has 29 heavy (non-hydrogen) atoms. The van der Waals surface area contributed by atoms with Gasteiger partial charge in [0.2, 0.25) is 26.0 Å². The number of nitrogens with one attached hydrogen (secondary N) is 3. The van der Waals surface area contributed by atoms with E-state index in [1.54, 1.807) is 38.1 Å². The third kappa shape index (κ3) is 9.94. The molecule has 0 fully saturated rings. The number of thioether (sulfide) groups is 1. The molecule has 0 heterocycles. The van der Waals surface area contributed by atoms with E-state index in [4.69, 9.17) is 0 Å². The van der Waals surface area contributed by atoms with Gasteiger partial charge in [-0.1, -0.05) is 24.3 Å². The van der Waals surface area contributed by atoms with Gasteiger partial charge in [0.1, 0.15) is 6.04 Å². The zero-order chi connectivity index (χ0) is 22.1. The van der Waals surface area contributed by atoms with Crippen molar-refractivity contribution < 1.29 is 21.6 Å². The summed E-state index contributed by atoms with van der Waals surface area (Å²) in [6, 6.07) is 5.86. The Morgan fingerprint density at radius 2 is 1.66 bits per heavy atom. The number of sulfonamides is 2. The molecule has 1 unspecified atom stereocenters. The third-order valence-electron chi connectivity index (χ3n) is 3.96. The van der Waals surface area contributed by atoms with Crippen LogP contribution in [0.5, 0.6) is 0 Å². The predicted octanol–water partition coefficient (Wildman–Crippen LogP) is 1.19. The molecule has 11 heteroatoms. The molecular weight excluding hydrogens is 434 g/mol. The van der Waals surface area contributed by atoms with Gasteiger partial charge in [0.25, 0.3) is 0 Å². The smallest absolute Gasteiger partial charge is 0.238 e. The normalized spacial score (nSPS) is 13.4. The topological polar surface area (TPSA) is 121 Å². The molecule has 3 N–H and O–H groups in total. The SMILES string of the molecule is CCS(=O)(=O)NC(CCSC)C(=O)NCc1ccccc1CS(=O)(=O)NC(C)C. The first-order valence-electron chi connectivity index (χ1n) is 9.33. The second-order valence-corrected chi connectivity index (χ2v) is 11.7. The first-order chi connectivity index (χ1) is 13.5. The Labute approximate surface area is 178 Å². The van der Waals surface area contributed by atoms with Crippen molar-refractivity contribution in [3.8, 4) is 0 Å². The first kappa shape index (κ1) is 25.9. The number of carbonyl (C=O) groups is 1. The van der Waals surface area contributed by atoms with Gasteiger partial charge in [-0.25, -0.2) is 26.3 Å². The van der Waals surface area contributed by atoms with Crippen LogP contribution in [0.2, 0.25) is 0 Å². The zero-order valence-electron chi connectivity index (χ0n) is 17.3. The Balaban J connectivity index is 2.88. The second-order valence-electron chi connectivity index (χ2n) is 6.87. The van der Waals surface area contributed by atoms with Gasteiger partial charge in [0.05, 0.1) is 11.5 Å². The standard InChI is InChI=1S/C18H31N3O5S3/c1-5-28(23,24)21-17(10-11-27-4)18(22)19-12-15-8-6-7-9-16(15)13-29(25,26)20-14(2)3/h6-9,14,17,20-21H,5,10-13H2,1-4H3,(H,19,22). The first-order valence-corrected chi connectivity index (χ1v) is 14.0. The van der Waals surface area contributed by atoms with E-state index in [-0.39, 0.29) is 24.1 Å². The summed E-state index contributed by atoms with van der Waals surface area (Å²) in [5.74, 6) is -0.121. The van der Waals surface area contributed by atoms with E-state index in [1.165, 1.54) is 18.7 Å². The Bertz CT molecular complexity index is 870. The predicted molar refractivity (Wildman–Crippen MR) is 119 cm³/mol. The van der Waals surface area contributed by atoms with E-state index < -0.39 is 32.0 Å². The van der Waals surface area contributed by atoms with E-state index in [1.807, 2.05) is 6.26 Å². The Hall–Kier alpha value is -1.14. The van der Waals surface area contributed by atoms with Crippen LogP contribution in [-0.2, 0) is 37.1 Å². The van der Waals surface area contributed by atoms with Crippen molar-refractivity contribution >= 4 is 37.7 Å². The van der Waals surface area contributed by atoms with Gasteiger partial charge in [-0.15, -0.1) is 0 Å². The lowest BCUT2D eigenvalue weighted by Crippen LogP contribution is -2.47. The number of hydrogen-bond acceptors (Lipinski definition) is 6. The second kappa shape index (κ2) is 11.9. The van der Waals surface area contributed by atoms with Crippen LogP contribution >= 0.6 is 11.8 Å². The summed E-state index contributed by atoms with van der Waals surface area (Å²) in [5, 5.41) is 2.73. The number of rotatable bonds is 13. The Morgan fingerprint density at radius 1 is 1.03 bits per heavy atom. The fourth-order valence-electron chi connectivity index (χ4n) is 2.56. The number of carbonyl (C=O) groups excluding carboxylic acids is 1. The molecule has 0 aliphatic carbocycles. The Kier molecular flexibility index (Phi) is 10.6. The van der Waals surface area contributed by atoms with Gasteiger partial charge in [0, 0.05) is 12.6 Å². The number of amides is 1. The molecular formula is C18H31N3O5S3. The highest BCUT2D eigenvalue weighted by Crippen LogP contribution is 2.13. The molecule has 0 aliphatic rings. The molecule has 0 saturated carbocycles. The molecule has 0 radical (unpaired) electrons. The van der Waals surface area contributed by atoms with E-state index in [9.17, 15) is 21.6 Å². The van der Waals surface area contributed by atoms with Gasteiger partial charge in [0.15, 0.2) is 0 Å². The largest absolute Gasteiger partial charge is 0.351 e. The number of benzene rings is 1. The minimum atomic E-state index is -3.53. The maximum absolute atomic E-state index is 12.6. The monoisotopic (exact) mass is 465 g/mol. The molecule has 0 aliphatic heterocycles. The van der Waals surface area contributed by atoms with Crippen LogP contribution in [-0.4, -0.2) is 52.6 Å². The summed E-state index contributed by atoms with van der Waals surface area (Å²) in [6.45, 7) is 5.11. The summed E-state index contributed by atoms with van der Waals surface area (Å²) in [4.78, 5) is 12.6. The van der Waals surface area contributed by atoms with Crippen molar-refractivity contribution in [3.63, 3.8) is 0 Å². The van der Waals surface area contributed by atoms with Gasteiger partial charge < -0.3 is 5.32 Å². The molecule has 1 amide bonds. The summed E-state index contributed by atoms with van der Waals surface area (Å²) in [6.07, 6.45) is 2.24. The van der Waals surface area contributed by atoms with Crippen LogP contribution in [0.1, 0.15) is 38.3 Å². The molecule has 1 aromatic rings. The molecule has 1 aromatic carbocycles. The number of hydrogen-bond donors (Lipinski definition) is 3. The molecule has 1 atom stereocenters. The average Bonchev–Trinajstić information content (AvgIpc) is 2.62. The van der Waals surface area contributed by atoms with E-state index in [0.29, 0.717) is 23.3 Å². The molecule has 166 valence electrons. The molecule has 0 saturated heterocycles. The van der Waals surface area contributed by atoms with Gasteiger partial charge in [-0.2, -0.15) is 11.8 Å². The summed E-state index contributed by atoms with van der Waals surface area (Å²) < 4.78 is 53.2. The summed E-state index contributed by atoms with van der Waals surface area (Å²) in [5.41, 5.74) is 1.24. The van der Waals surface area contributed by atoms with Crippen molar-refractivity contribution in [2.75, 3.05) is 17.8 Å². The van der Waals surface area contributed by atoms with Crippen LogP contribution in [0, 0.1) is 0 Å². The lowest BCUT2D eigenvalue weighted by Gasteiger charge is -2.18. The maximum Gasteiger partial charge on any atom is 0.238 e. The van der Waals surface area contributed by atoms with Crippen molar-refractivity contribution in [1.82, 2.24) is 14.8 Å².